The second-order valence-corrected chi connectivity index (χ2v) is 12.3. The Morgan fingerprint density at radius 2 is 1.56 bits per heavy atom. The summed E-state index contributed by atoms with van der Waals surface area (Å²) in [6, 6.07) is 0. The molecule has 3 atom stereocenters. The first-order valence-corrected chi connectivity index (χ1v) is 17.0. The summed E-state index contributed by atoms with van der Waals surface area (Å²) in [6.45, 7) is 2.18. The first-order valence-electron chi connectivity index (χ1n) is 17.0. The smallest absolute Gasteiger partial charge is 0.316 e. The second-order valence-electron chi connectivity index (χ2n) is 12.3. The zero-order chi connectivity index (χ0) is 31.9. The Morgan fingerprint density at radius 1 is 0.956 bits per heavy atom. The van der Waals surface area contributed by atoms with Gasteiger partial charge in [-0.25, -0.2) is 4.98 Å². The van der Waals surface area contributed by atoms with Crippen molar-refractivity contribution in [3.63, 3.8) is 0 Å². The van der Waals surface area contributed by atoms with Gasteiger partial charge in [0.1, 0.15) is 25.0 Å². The fourth-order valence-corrected chi connectivity index (χ4v) is 6.02. The van der Waals surface area contributed by atoms with Gasteiger partial charge in [0.05, 0.1) is 12.2 Å². The molecule has 3 N–H and O–H groups in total. The molecule has 2 aliphatic rings. The Balaban J connectivity index is 1.17. The molecule has 11 nitrogen and oxygen atoms in total. The molecule has 2 aromatic rings. The number of nitrogens with zero attached hydrogens (tertiary/aromatic N) is 3. The van der Waals surface area contributed by atoms with E-state index in [1.165, 1.54) is 83.4 Å². The lowest BCUT2D eigenvalue weighted by Gasteiger charge is -2.19. The molecule has 248 valence electrons. The van der Waals surface area contributed by atoms with Crippen molar-refractivity contribution in [2.24, 2.45) is 5.92 Å². The topological polar surface area (TPSA) is 151 Å². The average molecular weight is 626 g/mol. The first kappa shape index (κ1) is 34.4. The maximum absolute atomic E-state index is 12.8. The lowest BCUT2D eigenvalue weighted by molar-refractivity contribution is -0.159. The lowest BCUT2D eigenvalue weighted by atomic mass is 10.0. The predicted molar refractivity (Wildman–Crippen MR) is 173 cm³/mol. The van der Waals surface area contributed by atoms with E-state index in [1.807, 2.05) is 0 Å². The van der Waals surface area contributed by atoms with E-state index in [2.05, 4.69) is 21.9 Å². The summed E-state index contributed by atoms with van der Waals surface area (Å²) >= 11 is 0. The predicted octanol–water partition coefficient (Wildman–Crippen LogP) is 6.45. The number of carbonyl (C=O) groups excluding carboxylic acids is 2. The standard InChI is InChI=1S/C34H51N5O6/c1-2-3-4-5-6-7-8-9-10-11-12-13-14-15-16-21-29(40)45-26-22-28(39-24-36-30-31(39)37-34(35)38-32(30)41)44-27(26)23-43-33(42)25-19-17-18-20-25/h17-20,24-28H,2-16,21-23H2,1H3,(H3,35,37,38,41)/t26-,27+,28+/m0/s1. The molecule has 0 unspecified atom stereocenters. The number of allylic oxidation sites excluding steroid dienone is 2. The third-order valence-corrected chi connectivity index (χ3v) is 8.62. The van der Waals surface area contributed by atoms with Crippen LogP contribution in [0, 0.1) is 5.92 Å². The number of anilines is 1. The van der Waals surface area contributed by atoms with Crippen LogP contribution in [-0.4, -0.2) is 50.3 Å². The number of carbonyl (C=O) groups is 2. The molecule has 0 aromatic carbocycles. The molecule has 2 aromatic heterocycles. The number of nitrogens with two attached hydrogens (primary N) is 1. The number of hydrogen-bond acceptors (Lipinski definition) is 9. The molecular formula is C34H51N5O6. The summed E-state index contributed by atoms with van der Waals surface area (Å²) < 4.78 is 19.2. The van der Waals surface area contributed by atoms with Gasteiger partial charge in [0.25, 0.3) is 5.56 Å². The number of nitrogen functional groups attached to an aromatic ring is 1. The Bertz CT molecular complexity index is 1320. The lowest BCUT2D eigenvalue weighted by Crippen LogP contribution is -2.32. The SMILES string of the molecule is CCCCCCCCCCCCCCCCCC(=O)O[C@H]1C[C@H](n2cnc3c(=O)[nH]c(N)nc32)O[C@@H]1COC(=O)C1C=CC=C1. The van der Waals surface area contributed by atoms with Crippen LogP contribution in [0.4, 0.5) is 5.95 Å². The van der Waals surface area contributed by atoms with Crippen LogP contribution in [0.25, 0.3) is 11.2 Å². The van der Waals surface area contributed by atoms with Gasteiger partial charge in [0.2, 0.25) is 5.95 Å². The van der Waals surface area contributed by atoms with Gasteiger partial charge in [0.15, 0.2) is 11.2 Å². The van der Waals surface area contributed by atoms with Gasteiger partial charge in [-0.2, -0.15) is 4.98 Å². The van der Waals surface area contributed by atoms with Crippen LogP contribution in [0.3, 0.4) is 0 Å². The number of imidazole rings is 1. The summed E-state index contributed by atoms with van der Waals surface area (Å²) in [7, 11) is 0. The van der Waals surface area contributed by atoms with E-state index in [1.54, 1.807) is 28.9 Å². The molecule has 11 heteroatoms. The number of ether oxygens (including phenoxy) is 3. The summed E-state index contributed by atoms with van der Waals surface area (Å²) in [5.41, 5.74) is 5.70. The molecule has 45 heavy (non-hydrogen) atoms. The van der Waals surface area contributed by atoms with Crippen LogP contribution in [0.2, 0.25) is 0 Å². The number of unbranched alkanes of at least 4 members (excludes halogenated alkanes) is 14. The molecule has 0 radical (unpaired) electrons. The van der Waals surface area contributed by atoms with E-state index < -0.39 is 35.9 Å². The molecule has 1 aliphatic carbocycles. The van der Waals surface area contributed by atoms with Crippen LogP contribution >= 0.6 is 0 Å². The first-order chi connectivity index (χ1) is 22.0. The van der Waals surface area contributed by atoms with Crippen molar-refractivity contribution >= 4 is 29.1 Å². The molecule has 0 bridgehead atoms. The number of esters is 2. The number of aromatic amines is 1. The van der Waals surface area contributed by atoms with Gasteiger partial charge in [0, 0.05) is 12.8 Å². The van der Waals surface area contributed by atoms with E-state index in [0.29, 0.717) is 6.42 Å². The number of nitrogens with one attached hydrogen (secondary N) is 1. The number of fused-ring (bicyclic) bond motifs is 1. The molecular weight excluding hydrogens is 574 g/mol. The molecule has 0 spiro atoms. The molecule has 1 fully saturated rings. The van der Waals surface area contributed by atoms with Crippen molar-refractivity contribution in [3.8, 4) is 0 Å². The fraction of sp³-hybridized carbons (Fsp3) is 0.676. The summed E-state index contributed by atoms with van der Waals surface area (Å²) in [4.78, 5) is 48.4. The van der Waals surface area contributed by atoms with E-state index in [9.17, 15) is 14.4 Å². The van der Waals surface area contributed by atoms with Crippen LogP contribution < -0.4 is 11.3 Å². The van der Waals surface area contributed by atoms with Crippen LogP contribution in [-0.2, 0) is 23.8 Å². The van der Waals surface area contributed by atoms with Crippen LogP contribution in [0.1, 0.15) is 122 Å². The highest BCUT2D eigenvalue weighted by Gasteiger charge is 2.40. The van der Waals surface area contributed by atoms with Crippen molar-refractivity contribution in [1.29, 1.82) is 0 Å². The fourth-order valence-electron chi connectivity index (χ4n) is 6.02. The van der Waals surface area contributed by atoms with Crippen molar-refractivity contribution in [2.45, 2.75) is 135 Å². The molecule has 0 amide bonds. The third-order valence-electron chi connectivity index (χ3n) is 8.62. The molecule has 1 aliphatic heterocycles. The van der Waals surface area contributed by atoms with Gasteiger partial charge in [-0.3, -0.25) is 23.9 Å². The maximum atomic E-state index is 12.8. The number of hydrogen-bond donors (Lipinski definition) is 2. The Kier molecular flexibility index (Phi) is 14.1. The van der Waals surface area contributed by atoms with Crippen molar-refractivity contribution in [3.05, 3.63) is 41.0 Å². The number of H-pyrrole nitrogens is 1. The van der Waals surface area contributed by atoms with Crippen LogP contribution in [0.15, 0.2) is 35.4 Å². The van der Waals surface area contributed by atoms with Crippen molar-refractivity contribution < 1.29 is 23.8 Å². The minimum atomic E-state index is -0.685. The Labute approximate surface area is 266 Å². The van der Waals surface area contributed by atoms with Crippen molar-refractivity contribution in [2.75, 3.05) is 12.3 Å². The van der Waals surface area contributed by atoms with Crippen molar-refractivity contribution in [1.82, 2.24) is 19.5 Å². The minimum absolute atomic E-state index is 0.0399. The van der Waals surface area contributed by atoms with E-state index in [-0.39, 0.29) is 36.1 Å². The highest BCUT2D eigenvalue weighted by molar-refractivity contribution is 5.77. The molecule has 0 saturated carbocycles. The average Bonchev–Trinajstić information content (AvgIpc) is 3.78. The third kappa shape index (κ3) is 10.8. The van der Waals surface area contributed by atoms with Gasteiger partial charge < -0.3 is 19.9 Å². The summed E-state index contributed by atoms with van der Waals surface area (Å²) in [5.74, 6) is -1.18. The quantitative estimate of drug-likeness (QED) is 0.118. The van der Waals surface area contributed by atoms with Gasteiger partial charge >= 0.3 is 11.9 Å². The Hall–Kier alpha value is -3.47. The second kappa shape index (κ2) is 18.5. The van der Waals surface area contributed by atoms with E-state index in [0.717, 1.165) is 19.3 Å². The normalized spacial score (nSPS) is 19.5. The maximum Gasteiger partial charge on any atom is 0.316 e. The van der Waals surface area contributed by atoms with Gasteiger partial charge in [-0.05, 0) is 6.42 Å². The zero-order valence-electron chi connectivity index (χ0n) is 26.8. The molecule has 3 heterocycles. The number of rotatable bonds is 21. The van der Waals surface area contributed by atoms with Gasteiger partial charge in [-0.1, -0.05) is 121 Å². The molecule has 1 saturated heterocycles. The summed E-state index contributed by atoms with van der Waals surface area (Å²) in [6.07, 6.45) is 26.1. The largest absolute Gasteiger partial charge is 0.462 e. The molecule has 4 rings (SSSR count). The highest BCUT2D eigenvalue weighted by atomic mass is 16.6. The highest BCUT2D eigenvalue weighted by Crippen LogP contribution is 2.33. The number of aromatic nitrogens is 4. The zero-order valence-corrected chi connectivity index (χ0v) is 26.8. The Morgan fingerprint density at radius 3 is 2.18 bits per heavy atom. The van der Waals surface area contributed by atoms with Gasteiger partial charge in [-0.15, -0.1) is 0 Å². The van der Waals surface area contributed by atoms with Crippen LogP contribution in [0.5, 0.6) is 0 Å². The summed E-state index contributed by atoms with van der Waals surface area (Å²) in [5, 5.41) is 0. The van der Waals surface area contributed by atoms with E-state index in [4.69, 9.17) is 19.9 Å². The minimum Gasteiger partial charge on any atom is -0.462 e. The van der Waals surface area contributed by atoms with E-state index >= 15 is 0 Å². The monoisotopic (exact) mass is 625 g/mol.